The summed E-state index contributed by atoms with van der Waals surface area (Å²) < 4.78 is 7.00. The van der Waals surface area contributed by atoms with Crippen LogP contribution < -0.4 is 4.90 Å². The Bertz CT molecular complexity index is 1160. The van der Waals surface area contributed by atoms with Crippen LogP contribution in [0.1, 0.15) is 52.8 Å². The summed E-state index contributed by atoms with van der Waals surface area (Å²) in [5.74, 6) is 0.730. The van der Waals surface area contributed by atoms with Crippen molar-refractivity contribution in [1.82, 2.24) is 19.2 Å². The molecule has 0 atom stereocenters. The van der Waals surface area contributed by atoms with E-state index in [1.54, 1.807) is 52.2 Å². The Morgan fingerprint density at radius 1 is 1.06 bits per heavy atom. The molecule has 174 valence electrons. The van der Waals surface area contributed by atoms with Gasteiger partial charge in [0.2, 0.25) is 5.91 Å². The van der Waals surface area contributed by atoms with Gasteiger partial charge in [-0.05, 0) is 37.6 Å². The van der Waals surface area contributed by atoms with E-state index in [1.807, 2.05) is 11.3 Å². The van der Waals surface area contributed by atoms with E-state index in [2.05, 4.69) is 11.9 Å². The number of anilines is 1. The molecule has 0 N–H and O–H groups in total. The molecule has 4 heterocycles. The number of pyridine rings is 1. The molecule has 3 aromatic heterocycles. The first kappa shape index (κ1) is 22.6. The van der Waals surface area contributed by atoms with Gasteiger partial charge in [0, 0.05) is 45.8 Å². The molecule has 3 amide bonds. The molecule has 0 radical (unpaired) electrons. The normalized spacial score (nSPS) is 14.0. The highest BCUT2D eigenvalue weighted by molar-refractivity contribution is 5.96. The lowest BCUT2D eigenvalue weighted by Gasteiger charge is -2.34. The number of amides is 3. The average molecular weight is 452 g/mol. The number of carbonyl (C=O) groups excluding carboxylic acids is 3. The monoisotopic (exact) mass is 451 g/mol. The van der Waals surface area contributed by atoms with Crippen molar-refractivity contribution in [2.45, 2.75) is 33.1 Å². The number of carbonyl (C=O) groups is 3. The van der Waals surface area contributed by atoms with Crippen molar-refractivity contribution in [2.75, 3.05) is 38.1 Å². The number of aryl methyl sites for hydroxylation is 1. The fourth-order valence-corrected chi connectivity index (χ4v) is 4.15. The highest BCUT2D eigenvalue weighted by atomic mass is 16.3. The van der Waals surface area contributed by atoms with E-state index in [-0.39, 0.29) is 17.7 Å². The Morgan fingerprint density at radius 2 is 1.76 bits per heavy atom. The Balaban J connectivity index is 1.50. The van der Waals surface area contributed by atoms with Crippen LogP contribution in [0.2, 0.25) is 0 Å². The lowest BCUT2D eigenvalue weighted by Crippen LogP contribution is -2.50. The second-order valence-electron chi connectivity index (χ2n) is 8.28. The topological polar surface area (TPSA) is 91.4 Å². The standard InChI is InChI=1S/C24H29N5O4/c1-4-5-8-21(30)26(3)22-17(2)25-20-10-9-18(16-29(20)22)23(31)27-11-13-28(14-12-27)24(32)19-7-6-15-33-19/h6-7,9-10,15-16H,4-5,8,11-14H2,1-3H3. The molecule has 0 spiro atoms. The summed E-state index contributed by atoms with van der Waals surface area (Å²) in [4.78, 5) is 47.9. The van der Waals surface area contributed by atoms with Crippen LogP contribution in [-0.2, 0) is 4.79 Å². The van der Waals surface area contributed by atoms with Gasteiger partial charge >= 0.3 is 0 Å². The Hall–Kier alpha value is -3.62. The average Bonchev–Trinajstić information content (AvgIpc) is 3.48. The van der Waals surface area contributed by atoms with Crippen LogP contribution in [0.4, 0.5) is 5.82 Å². The molecule has 0 bridgehead atoms. The summed E-state index contributed by atoms with van der Waals surface area (Å²) in [5, 5.41) is 0. The summed E-state index contributed by atoms with van der Waals surface area (Å²) in [6.07, 6.45) is 5.47. The van der Waals surface area contributed by atoms with Gasteiger partial charge in [-0.1, -0.05) is 13.3 Å². The van der Waals surface area contributed by atoms with E-state index in [0.717, 1.165) is 18.5 Å². The molecule has 0 aliphatic carbocycles. The molecule has 33 heavy (non-hydrogen) atoms. The number of fused-ring (bicyclic) bond motifs is 1. The minimum Gasteiger partial charge on any atom is -0.459 e. The Kier molecular flexibility index (Phi) is 6.48. The number of unbranched alkanes of at least 4 members (excludes halogenated alkanes) is 1. The van der Waals surface area contributed by atoms with Gasteiger partial charge < -0.3 is 14.2 Å². The van der Waals surface area contributed by atoms with E-state index in [4.69, 9.17) is 4.42 Å². The van der Waals surface area contributed by atoms with Crippen LogP contribution in [0.15, 0.2) is 41.1 Å². The fourth-order valence-electron chi connectivity index (χ4n) is 4.15. The van der Waals surface area contributed by atoms with Gasteiger partial charge in [-0.25, -0.2) is 4.98 Å². The molecule has 0 aromatic carbocycles. The number of rotatable bonds is 6. The van der Waals surface area contributed by atoms with Gasteiger partial charge in [0.25, 0.3) is 11.8 Å². The number of hydrogen-bond donors (Lipinski definition) is 0. The van der Waals surface area contributed by atoms with Gasteiger partial charge in [-0.15, -0.1) is 0 Å². The highest BCUT2D eigenvalue weighted by Gasteiger charge is 2.27. The van der Waals surface area contributed by atoms with E-state index in [0.29, 0.717) is 55.4 Å². The third kappa shape index (κ3) is 4.48. The fraction of sp³-hybridized carbons (Fsp3) is 0.417. The second-order valence-corrected chi connectivity index (χ2v) is 8.28. The lowest BCUT2D eigenvalue weighted by molar-refractivity contribution is -0.118. The van der Waals surface area contributed by atoms with Gasteiger partial charge in [-0.2, -0.15) is 0 Å². The minimum absolute atomic E-state index is 0.0239. The van der Waals surface area contributed by atoms with Gasteiger partial charge in [0.05, 0.1) is 17.5 Å². The number of furan rings is 1. The third-order valence-electron chi connectivity index (χ3n) is 6.03. The SMILES string of the molecule is CCCCC(=O)N(C)c1c(C)nc2ccc(C(=O)N3CCN(C(=O)c4ccco4)CC3)cn12. The molecule has 3 aromatic rings. The van der Waals surface area contributed by atoms with Crippen LogP contribution >= 0.6 is 0 Å². The first-order valence-corrected chi connectivity index (χ1v) is 11.3. The number of imidazole rings is 1. The van der Waals surface area contributed by atoms with Crippen molar-refractivity contribution in [3.05, 3.63) is 53.7 Å². The number of piperazine rings is 1. The van der Waals surface area contributed by atoms with Crippen molar-refractivity contribution >= 4 is 29.2 Å². The zero-order chi connectivity index (χ0) is 23.5. The summed E-state index contributed by atoms with van der Waals surface area (Å²) in [6, 6.07) is 6.88. The van der Waals surface area contributed by atoms with Crippen molar-refractivity contribution in [3.8, 4) is 0 Å². The molecule has 1 aliphatic rings. The molecule has 1 fully saturated rings. The van der Waals surface area contributed by atoms with Crippen molar-refractivity contribution < 1.29 is 18.8 Å². The van der Waals surface area contributed by atoms with Crippen molar-refractivity contribution in [1.29, 1.82) is 0 Å². The third-order valence-corrected chi connectivity index (χ3v) is 6.03. The maximum absolute atomic E-state index is 13.2. The smallest absolute Gasteiger partial charge is 0.289 e. The van der Waals surface area contributed by atoms with Crippen LogP contribution in [0.5, 0.6) is 0 Å². The molecule has 1 aliphatic heterocycles. The van der Waals surface area contributed by atoms with E-state index in [1.165, 1.54) is 6.26 Å². The first-order valence-electron chi connectivity index (χ1n) is 11.3. The first-order chi connectivity index (χ1) is 15.9. The predicted molar refractivity (Wildman–Crippen MR) is 123 cm³/mol. The second kappa shape index (κ2) is 9.48. The summed E-state index contributed by atoms with van der Waals surface area (Å²) in [5.41, 5.74) is 1.93. The number of aromatic nitrogens is 2. The van der Waals surface area contributed by atoms with Crippen LogP contribution in [0.3, 0.4) is 0 Å². The molecular formula is C24H29N5O4. The van der Waals surface area contributed by atoms with Crippen molar-refractivity contribution in [3.63, 3.8) is 0 Å². The minimum atomic E-state index is -0.164. The van der Waals surface area contributed by atoms with Gasteiger partial charge in [0.15, 0.2) is 5.76 Å². The summed E-state index contributed by atoms with van der Waals surface area (Å²) >= 11 is 0. The van der Waals surface area contributed by atoms with E-state index < -0.39 is 0 Å². The Morgan fingerprint density at radius 3 is 2.39 bits per heavy atom. The number of hydrogen-bond acceptors (Lipinski definition) is 5. The zero-order valence-electron chi connectivity index (χ0n) is 19.3. The zero-order valence-corrected chi connectivity index (χ0v) is 19.3. The molecule has 9 heteroatoms. The molecule has 1 saturated heterocycles. The molecule has 0 saturated carbocycles. The van der Waals surface area contributed by atoms with E-state index in [9.17, 15) is 14.4 Å². The molecule has 4 rings (SSSR count). The summed E-state index contributed by atoms with van der Waals surface area (Å²) in [6.45, 7) is 5.68. The van der Waals surface area contributed by atoms with E-state index >= 15 is 0 Å². The number of nitrogens with zero attached hydrogens (tertiary/aromatic N) is 5. The van der Waals surface area contributed by atoms with Crippen molar-refractivity contribution in [2.24, 2.45) is 0 Å². The highest BCUT2D eigenvalue weighted by Crippen LogP contribution is 2.23. The lowest BCUT2D eigenvalue weighted by atomic mass is 10.2. The Labute approximate surface area is 192 Å². The predicted octanol–water partition coefficient (Wildman–Crippen LogP) is 2.99. The summed E-state index contributed by atoms with van der Waals surface area (Å²) in [7, 11) is 1.75. The maximum atomic E-state index is 13.2. The molecule has 9 nitrogen and oxygen atoms in total. The maximum Gasteiger partial charge on any atom is 0.289 e. The van der Waals surface area contributed by atoms with Crippen LogP contribution in [-0.4, -0.2) is 70.1 Å². The molecule has 0 unspecified atom stereocenters. The van der Waals surface area contributed by atoms with Crippen LogP contribution in [0, 0.1) is 6.92 Å². The quantitative estimate of drug-likeness (QED) is 0.575. The van der Waals surface area contributed by atoms with Gasteiger partial charge in [-0.3, -0.25) is 23.7 Å². The largest absolute Gasteiger partial charge is 0.459 e. The van der Waals surface area contributed by atoms with Crippen LogP contribution in [0.25, 0.3) is 5.65 Å². The molecular weight excluding hydrogens is 422 g/mol. The van der Waals surface area contributed by atoms with Gasteiger partial charge in [0.1, 0.15) is 11.5 Å².